The highest BCUT2D eigenvalue weighted by atomic mass is 16.6. The monoisotopic (exact) mass is 260 g/mol. The van der Waals surface area contributed by atoms with Crippen LogP contribution in [-0.2, 0) is 17.8 Å². The van der Waals surface area contributed by atoms with Crippen molar-refractivity contribution in [3.63, 3.8) is 0 Å². The van der Waals surface area contributed by atoms with Crippen LogP contribution in [0.5, 0.6) is 0 Å². The van der Waals surface area contributed by atoms with Crippen LogP contribution in [0, 0.1) is 0 Å². The molecule has 0 saturated heterocycles. The highest BCUT2D eigenvalue weighted by Gasteiger charge is 2.27. The molecule has 0 spiro atoms. The molecule has 0 saturated carbocycles. The van der Waals surface area contributed by atoms with Gasteiger partial charge in [0.1, 0.15) is 5.60 Å². The van der Waals surface area contributed by atoms with E-state index in [1.165, 1.54) is 0 Å². The highest BCUT2D eigenvalue weighted by molar-refractivity contribution is 5.69. The Kier molecular flexibility index (Phi) is 3.36. The molecule has 1 amide bonds. The molecule has 1 heterocycles. The quantitative estimate of drug-likeness (QED) is 0.436. The first-order valence-corrected chi connectivity index (χ1v) is 6.04. The molecule has 0 bridgehead atoms. The highest BCUT2D eigenvalue weighted by Crippen LogP contribution is 2.28. The zero-order chi connectivity index (χ0) is 14.0. The number of carbonyl (C=O) groups excluding carboxylic acids is 1. The topological polar surface area (TPSA) is 78.3 Å². The molecule has 1 aliphatic rings. The van der Waals surface area contributed by atoms with E-state index < -0.39 is 5.60 Å². The van der Waals surface area contributed by atoms with Gasteiger partial charge in [-0.25, -0.2) is 4.79 Å². The van der Waals surface area contributed by atoms with Crippen LogP contribution in [0.1, 0.15) is 31.9 Å². The third-order valence-corrected chi connectivity index (χ3v) is 2.72. The Hall–Kier alpha value is -2.20. The van der Waals surface area contributed by atoms with Crippen LogP contribution < -0.4 is 0 Å². The minimum Gasteiger partial charge on any atom is -0.444 e. The van der Waals surface area contributed by atoms with Gasteiger partial charge in [-0.2, -0.15) is 0 Å². The van der Waals surface area contributed by atoms with E-state index in [1.807, 2.05) is 26.8 Å². The van der Waals surface area contributed by atoms with Gasteiger partial charge in [-0.05, 0) is 43.5 Å². The van der Waals surface area contributed by atoms with Crippen molar-refractivity contribution in [2.75, 3.05) is 0 Å². The molecular weight excluding hydrogens is 244 g/mol. The Morgan fingerprint density at radius 2 is 2.05 bits per heavy atom. The van der Waals surface area contributed by atoms with Gasteiger partial charge >= 0.3 is 6.09 Å². The fraction of sp³-hybridized carbons (Fsp3) is 0.462. The van der Waals surface area contributed by atoms with E-state index in [9.17, 15) is 4.79 Å². The first kappa shape index (κ1) is 13.2. The lowest BCUT2D eigenvalue weighted by molar-refractivity contribution is 0.0242. The minimum absolute atomic E-state index is 0.325. The van der Waals surface area contributed by atoms with Crippen molar-refractivity contribution in [2.45, 2.75) is 39.5 Å². The van der Waals surface area contributed by atoms with Crippen molar-refractivity contribution in [2.24, 2.45) is 5.11 Å². The lowest BCUT2D eigenvalue weighted by atomic mass is 10.1. The van der Waals surface area contributed by atoms with Crippen molar-refractivity contribution in [1.82, 2.24) is 4.90 Å². The molecule has 0 N–H and O–H groups in total. The number of nitrogens with zero attached hydrogens (tertiary/aromatic N) is 4. The first-order chi connectivity index (χ1) is 8.89. The van der Waals surface area contributed by atoms with Gasteiger partial charge in [-0.15, -0.1) is 0 Å². The van der Waals surface area contributed by atoms with Gasteiger partial charge in [0, 0.05) is 23.7 Å². The molecule has 100 valence electrons. The van der Waals surface area contributed by atoms with Crippen molar-refractivity contribution < 1.29 is 9.53 Å². The number of fused-ring (bicyclic) bond motifs is 1. The Morgan fingerprint density at radius 1 is 1.37 bits per heavy atom. The summed E-state index contributed by atoms with van der Waals surface area (Å²) in [7, 11) is 0. The molecule has 1 aliphatic heterocycles. The number of benzene rings is 1. The number of carbonyl (C=O) groups is 1. The van der Waals surface area contributed by atoms with E-state index in [2.05, 4.69) is 10.0 Å². The van der Waals surface area contributed by atoms with E-state index >= 15 is 0 Å². The molecule has 0 fully saturated rings. The van der Waals surface area contributed by atoms with Crippen LogP contribution in [0.25, 0.3) is 10.4 Å². The van der Waals surface area contributed by atoms with Gasteiger partial charge in [-0.1, -0.05) is 17.2 Å². The summed E-state index contributed by atoms with van der Waals surface area (Å²) in [5.74, 6) is 0. The van der Waals surface area contributed by atoms with Crippen molar-refractivity contribution >= 4 is 11.8 Å². The van der Waals surface area contributed by atoms with Crippen LogP contribution >= 0.6 is 0 Å². The van der Waals surface area contributed by atoms with Gasteiger partial charge in [0.05, 0.1) is 0 Å². The number of hydrogen-bond donors (Lipinski definition) is 0. The second kappa shape index (κ2) is 4.82. The molecule has 0 aliphatic carbocycles. The second-order valence-corrected chi connectivity index (χ2v) is 5.48. The third-order valence-electron chi connectivity index (χ3n) is 2.72. The summed E-state index contributed by atoms with van der Waals surface area (Å²) in [4.78, 5) is 16.4. The third kappa shape index (κ3) is 3.17. The number of hydrogen-bond acceptors (Lipinski definition) is 3. The number of azide groups is 1. The molecule has 6 nitrogen and oxygen atoms in total. The fourth-order valence-electron chi connectivity index (χ4n) is 1.95. The van der Waals surface area contributed by atoms with E-state index in [0.717, 1.165) is 11.1 Å². The normalized spacial score (nSPS) is 13.7. The first-order valence-electron chi connectivity index (χ1n) is 6.04. The molecule has 0 aromatic heterocycles. The number of rotatable bonds is 1. The predicted octanol–water partition coefficient (Wildman–Crippen LogP) is 3.88. The molecule has 0 unspecified atom stereocenters. The maximum atomic E-state index is 12.0. The average molecular weight is 260 g/mol. The van der Waals surface area contributed by atoms with Crippen LogP contribution in [0.4, 0.5) is 10.5 Å². The minimum atomic E-state index is -0.498. The van der Waals surface area contributed by atoms with Gasteiger partial charge in [0.15, 0.2) is 0 Å². The van der Waals surface area contributed by atoms with Gasteiger partial charge in [-0.3, -0.25) is 4.90 Å². The molecule has 0 radical (unpaired) electrons. The standard InChI is InChI=1S/C13H16N4O2/c1-13(2,3)19-12(18)17-7-9-4-5-11(15-16-14)6-10(9)8-17/h4-6H,7-8H2,1-3H3. The molecule has 6 heteroatoms. The Bertz CT molecular complexity index is 556. The summed E-state index contributed by atoms with van der Waals surface area (Å²) in [6.45, 7) is 6.54. The lowest BCUT2D eigenvalue weighted by Gasteiger charge is -2.24. The van der Waals surface area contributed by atoms with E-state index in [1.54, 1.807) is 17.0 Å². The van der Waals surface area contributed by atoms with Gasteiger partial charge in [0.2, 0.25) is 0 Å². The van der Waals surface area contributed by atoms with Crippen molar-refractivity contribution in [3.8, 4) is 0 Å². The summed E-state index contributed by atoms with van der Waals surface area (Å²) in [5, 5.41) is 3.56. The number of amides is 1. The van der Waals surface area contributed by atoms with E-state index in [4.69, 9.17) is 10.3 Å². The smallest absolute Gasteiger partial charge is 0.410 e. The zero-order valence-electron chi connectivity index (χ0n) is 11.3. The zero-order valence-corrected chi connectivity index (χ0v) is 11.3. The van der Waals surface area contributed by atoms with Crippen LogP contribution in [0.2, 0.25) is 0 Å². The van der Waals surface area contributed by atoms with Gasteiger partial charge < -0.3 is 4.74 Å². The van der Waals surface area contributed by atoms with Crippen LogP contribution in [0.3, 0.4) is 0 Å². The maximum Gasteiger partial charge on any atom is 0.410 e. The van der Waals surface area contributed by atoms with Crippen molar-refractivity contribution in [1.29, 1.82) is 0 Å². The summed E-state index contributed by atoms with van der Waals surface area (Å²) in [5.41, 5.74) is 10.5. The Morgan fingerprint density at radius 3 is 2.68 bits per heavy atom. The molecule has 19 heavy (non-hydrogen) atoms. The Labute approximate surface area is 111 Å². The van der Waals surface area contributed by atoms with Gasteiger partial charge in [0.25, 0.3) is 0 Å². The van der Waals surface area contributed by atoms with Crippen LogP contribution in [-0.4, -0.2) is 16.6 Å². The second-order valence-electron chi connectivity index (χ2n) is 5.48. The lowest BCUT2D eigenvalue weighted by Crippen LogP contribution is -2.33. The van der Waals surface area contributed by atoms with E-state index in [-0.39, 0.29) is 6.09 Å². The molecule has 2 rings (SSSR count). The molecular formula is C13H16N4O2. The summed E-state index contributed by atoms with van der Waals surface area (Å²) >= 11 is 0. The van der Waals surface area contributed by atoms with E-state index in [0.29, 0.717) is 18.8 Å². The molecule has 0 atom stereocenters. The SMILES string of the molecule is CC(C)(C)OC(=O)N1Cc2ccc(N=[N+]=[N-])cc2C1. The molecule has 1 aromatic carbocycles. The average Bonchev–Trinajstić information content (AvgIpc) is 2.70. The fourth-order valence-corrected chi connectivity index (χ4v) is 1.95. The molecule has 1 aromatic rings. The van der Waals surface area contributed by atoms with Crippen LogP contribution in [0.15, 0.2) is 23.3 Å². The summed E-state index contributed by atoms with van der Waals surface area (Å²) < 4.78 is 5.34. The Balaban J connectivity index is 2.12. The summed E-state index contributed by atoms with van der Waals surface area (Å²) in [6, 6.07) is 5.43. The largest absolute Gasteiger partial charge is 0.444 e. The summed E-state index contributed by atoms with van der Waals surface area (Å²) in [6.07, 6.45) is -0.325. The van der Waals surface area contributed by atoms with Crippen molar-refractivity contribution in [3.05, 3.63) is 39.8 Å². The number of ether oxygens (including phenoxy) is 1. The predicted molar refractivity (Wildman–Crippen MR) is 70.7 cm³/mol. The maximum absolute atomic E-state index is 12.0.